The van der Waals surface area contributed by atoms with Gasteiger partial charge in [-0.25, -0.2) is 4.79 Å². The number of nitrogens with zero attached hydrogens (tertiary/aromatic N) is 1. The van der Waals surface area contributed by atoms with Gasteiger partial charge in [0.15, 0.2) is 0 Å². The first kappa shape index (κ1) is 12.7. The molecule has 5 heteroatoms. The molecule has 0 fully saturated rings. The number of benzene rings is 1. The van der Waals surface area contributed by atoms with Gasteiger partial charge >= 0.3 is 5.69 Å². The predicted octanol–water partition coefficient (Wildman–Crippen LogP) is 2.38. The van der Waals surface area contributed by atoms with E-state index in [-0.39, 0.29) is 17.5 Å². The second-order valence-electron chi connectivity index (χ2n) is 5.21. The van der Waals surface area contributed by atoms with Crippen molar-refractivity contribution in [2.24, 2.45) is 5.92 Å². The van der Waals surface area contributed by atoms with Gasteiger partial charge in [-0.15, -0.1) is 0 Å². The fourth-order valence-corrected chi connectivity index (χ4v) is 2.74. The van der Waals surface area contributed by atoms with Gasteiger partial charge in [0.2, 0.25) is 5.91 Å². The van der Waals surface area contributed by atoms with Crippen molar-refractivity contribution < 1.29 is 4.79 Å². The number of imidazole rings is 1. The summed E-state index contributed by atoms with van der Waals surface area (Å²) in [5.74, 6) is -0.0520. The van der Waals surface area contributed by atoms with E-state index in [9.17, 15) is 9.59 Å². The molecule has 0 bridgehead atoms. The van der Waals surface area contributed by atoms with Crippen LogP contribution < -0.4 is 11.0 Å². The molecule has 5 nitrogen and oxygen atoms in total. The maximum Gasteiger partial charge on any atom is 0.326 e. The highest BCUT2D eigenvalue weighted by Crippen LogP contribution is 2.35. The fourth-order valence-electron chi connectivity index (χ4n) is 2.74. The Bertz CT molecular complexity index is 714. The Morgan fingerprint density at radius 2 is 2.05 bits per heavy atom. The lowest BCUT2D eigenvalue weighted by atomic mass is 9.98. The molecule has 0 unspecified atom stereocenters. The first-order chi connectivity index (χ1) is 9.63. The normalized spacial score (nSPS) is 18.7. The molecule has 1 aromatic carbocycles. The molecule has 0 saturated heterocycles. The standard InChI is InChI=1S/C15H17N3O2/c1-3-9(2)13-14(19)17-11-7-5-4-6-10(11)12-8-16-15(20)18(12)13/h4-9,13H,3H2,1-2H3,(H,16,20)(H,17,19)/t9-,13-/m0/s1. The fraction of sp³-hybridized carbons (Fsp3) is 0.333. The molecule has 0 saturated carbocycles. The van der Waals surface area contributed by atoms with Crippen LogP contribution in [0.25, 0.3) is 11.3 Å². The lowest BCUT2D eigenvalue weighted by Crippen LogP contribution is -2.35. The Morgan fingerprint density at radius 1 is 1.30 bits per heavy atom. The van der Waals surface area contributed by atoms with E-state index in [1.165, 1.54) is 0 Å². The maximum atomic E-state index is 12.5. The number of hydrogen-bond donors (Lipinski definition) is 2. The van der Waals surface area contributed by atoms with E-state index in [2.05, 4.69) is 10.3 Å². The number of fused-ring (bicyclic) bond motifs is 3. The highest BCUT2D eigenvalue weighted by atomic mass is 16.2. The molecule has 2 atom stereocenters. The quantitative estimate of drug-likeness (QED) is 0.880. The number of carbonyl (C=O) groups excluding carboxylic acids is 1. The molecule has 1 aliphatic heterocycles. The summed E-state index contributed by atoms with van der Waals surface area (Å²) < 4.78 is 1.58. The number of rotatable bonds is 2. The number of aromatic amines is 1. The smallest absolute Gasteiger partial charge is 0.324 e. The predicted molar refractivity (Wildman–Crippen MR) is 77.6 cm³/mol. The minimum Gasteiger partial charge on any atom is -0.324 e. The van der Waals surface area contributed by atoms with Crippen molar-refractivity contribution in [1.29, 1.82) is 0 Å². The van der Waals surface area contributed by atoms with Gasteiger partial charge in [0, 0.05) is 11.8 Å². The van der Waals surface area contributed by atoms with Crippen LogP contribution >= 0.6 is 0 Å². The van der Waals surface area contributed by atoms with Crippen LogP contribution in [-0.4, -0.2) is 15.5 Å². The molecule has 2 N–H and O–H groups in total. The first-order valence-electron chi connectivity index (χ1n) is 6.83. The zero-order valence-electron chi connectivity index (χ0n) is 11.5. The lowest BCUT2D eigenvalue weighted by Gasteiger charge is -2.21. The van der Waals surface area contributed by atoms with E-state index in [1.807, 2.05) is 38.1 Å². The molecule has 3 rings (SSSR count). The van der Waals surface area contributed by atoms with E-state index in [4.69, 9.17) is 0 Å². The molecule has 1 aliphatic rings. The van der Waals surface area contributed by atoms with Crippen molar-refractivity contribution in [2.45, 2.75) is 26.3 Å². The zero-order valence-corrected chi connectivity index (χ0v) is 11.5. The van der Waals surface area contributed by atoms with Crippen molar-refractivity contribution in [3.63, 3.8) is 0 Å². The van der Waals surface area contributed by atoms with E-state index in [0.717, 1.165) is 23.4 Å². The number of carbonyl (C=O) groups is 1. The summed E-state index contributed by atoms with van der Waals surface area (Å²) in [5.41, 5.74) is 2.13. The first-order valence-corrected chi connectivity index (χ1v) is 6.83. The lowest BCUT2D eigenvalue weighted by molar-refractivity contribution is -0.120. The Kier molecular flexibility index (Phi) is 2.97. The van der Waals surface area contributed by atoms with Gasteiger partial charge in [-0.2, -0.15) is 0 Å². The third-order valence-electron chi connectivity index (χ3n) is 4.00. The largest absolute Gasteiger partial charge is 0.326 e. The number of H-pyrrole nitrogens is 1. The van der Waals surface area contributed by atoms with Crippen LogP contribution in [0.15, 0.2) is 35.3 Å². The summed E-state index contributed by atoms with van der Waals surface area (Å²) >= 11 is 0. The van der Waals surface area contributed by atoms with Crippen LogP contribution in [-0.2, 0) is 4.79 Å². The summed E-state index contributed by atoms with van der Waals surface area (Å²) in [7, 11) is 0. The Balaban J connectivity index is 2.28. The Morgan fingerprint density at radius 3 is 2.80 bits per heavy atom. The van der Waals surface area contributed by atoms with Crippen LogP contribution in [0.1, 0.15) is 26.3 Å². The molecular weight excluding hydrogens is 254 g/mol. The van der Waals surface area contributed by atoms with Gasteiger partial charge in [0.05, 0.1) is 11.4 Å². The number of nitrogens with one attached hydrogen (secondary N) is 2. The van der Waals surface area contributed by atoms with Crippen LogP contribution in [0.5, 0.6) is 0 Å². The van der Waals surface area contributed by atoms with E-state index < -0.39 is 6.04 Å². The molecule has 20 heavy (non-hydrogen) atoms. The molecular formula is C15H17N3O2. The molecule has 0 spiro atoms. The molecule has 2 aromatic rings. The van der Waals surface area contributed by atoms with Crippen LogP contribution in [0.4, 0.5) is 5.69 Å². The van der Waals surface area contributed by atoms with Gasteiger partial charge in [0.1, 0.15) is 6.04 Å². The summed E-state index contributed by atoms with van der Waals surface area (Å²) in [4.78, 5) is 27.3. The van der Waals surface area contributed by atoms with Gasteiger partial charge in [-0.1, -0.05) is 38.5 Å². The minimum absolute atomic E-state index is 0.0802. The highest BCUT2D eigenvalue weighted by Gasteiger charge is 2.33. The van der Waals surface area contributed by atoms with Crippen molar-refractivity contribution in [2.75, 3.05) is 5.32 Å². The molecule has 0 radical (unpaired) electrons. The topological polar surface area (TPSA) is 66.9 Å². The molecule has 2 heterocycles. The minimum atomic E-state index is -0.485. The van der Waals surface area contributed by atoms with Crippen molar-refractivity contribution in [1.82, 2.24) is 9.55 Å². The molecule has 1 aromatic heterocycles. The third kappa shape index (κ3) is 1.78. The SMILES string of the molecule is CC[C@H](C)[C@H]1C(=O)Nc2ccccc2-c2c[nH]c(=O)n21. The average Bonchev–Trinajstić information content (AvgIpc) is 2.75. The van der Waals surface area contributed by atoms with E-state index in [1.54, 1.807) is 10.8 Å². The summed E-state index contributed by atoms with van der Waals surface area (Å²) in [6.07, 6.45) is 2.50. The monoisotopic (exact) mass is 271 g/mol. The molecule has 0 aliphatic carbocycles. The molecule has 1 amide bonds. The number of aromatic nitrogens is 2. The van der Waals surface area contributed by atoms with Crippen LogP contribution in [0, 0.1) is 5.92 Å². The Hall–Kier alpha value is -2.30. The Labute approximate surface area is 116 Å². The second-order valence-corrected chi connectivity index (χ2v) is 5.21. The van der Waals surface area contributed by atoms with Crippen LogP contribution in [0.2, 0.25) is 0 Å². The number of para-hydroxylation sites is 1. The van der Waals surface area contributed by atoms with Crippen molar-refractivity contribution in [3.05, 3.63) is 40.9 Å². The zero-order chi connectivity index (χ0) is 14.3. The number of anilines is 1. The maximum absolute atomic E-state index is 12.5. The summed E-state index contributed by atoms with van der Waals surface area (Å²) in [5, 5.41) is 2.94. The second kappa shape index (κ2) is 4.67. The average molecular weight is 271 g/mol. The van der Waals surface area contributed by atoms with Crippen molar-refractivity contribution in [3.8, 4) is 11.3 Å². The van der Waals surface area contributed by atoms with Gasteiger partial charge in [-0.05, 0) is 12.0 Å². The van der Waals surface area contributed by atoms with Crippen LogP contribution in [0.3, 0.4) is 0 Å². The molecule has 104 valence electrons. The highest BCUT2D eigenvalue weighted by molar-refractivity contribution is 5.99. The van der Waals surface area contributed by atoms with Gasteiger partial charge in [-0.3, -0.25) is 9.36 Å². The number of amides is 1. The third-order valence-corrected chi connectivity index (χ3v) is 4.00. The summed E-state index contributed by atoms with van der Waals surface area (Å²) in [6.45, 7) is 4.01. The van der Waals surface area contributed by atoms with E-state index >= 15 is 0 Å². The summed E-state index contributed by atoms with van der Waals surface area (Å²) in [6, 6.07) is 7.05. The van der Waals surface area contributed by atoms with Gasteiger partial charge < -0.3 is 10.3 Å². The van der Waals surface area contributed by atoms with Crippen molar-refractivity contribution >= 4 is 11.6 Å². The number of hydrogen-bond acceptors (Lipinski definition) is 2. The van der Waals surface area contributed by atoms with E-state index in [0.29, 0.717) is 0 Å². The van der Waals surface area contributed by atoms with Gasteiger partial charge in [0.25, 0.3) is 0 Å².